The lowest BCUT2D eigenvalue weighted by molar-refractivity contribution is -0.385. The predicted octanol–water partition coefficient (Wildman–Crippen LogP) is 3.84. The highest BCUT2D eigenvalue weighted by molar-refractivity contribution is 6.08. The predicted molar refractivity (Wildman–Crippen MR) is 171 cm³/mol. The number of nitro groups is 1. The minimum absolute atomic E-state index is 0.0396. The fourth-order valence-corrected chi connectivity index (χ4v) is 6.89. The van der Waals surface area contributed by atoms with Gasteiger partial charge in [-0.2, -0.15) is 0 Å². The van der Waals surface area contributed by atoms with Crippen LogP contribution in [0.15, 0.2) is 84.9 Å². The molecule has 3 heterocycles. The fraction of sp³-hybridized carbons (Fsp3) is 0.353. The van der Waals surface area contributed by atoms with Gasteiger partial charge in [-0.15, -0.1) is 0 Å². The van der Waals surface area contributed by atoms with E-state index < -0.39 is 27.9 Å². The Bertz CT molecular complexity index is 1640. The molecule has 0 aromatic heterocycles. The number of piperidine rings is 1. The lowest BCUT2D eigenvalue weighted by Crippen LogP contribution is -2.55. The number of aliphatic hydroxyl groups excluding tert-OH is 1. The molecule has 45 heavy (non-hydrogen) atoms. The number of para-hydroxylation sites is 1. The molecule has 0 bridgehead atoms. The van der Waals surface area contributed by atoms with Gasteiger partial charge in [0, 0.05) is 41.6 Å². The third-order valence-corrected chi connectivity index (χ3v) is 9.35. The molecule has 2 fully saturated rings. The summed E-state index contributed by atoms with van der Waals surface area (Å²) in [5.74, 6) is -1.27. The van der Waals surface area contributed by atoms with E-state index in [1.807, 2.05) is 54.6 Å². The number of hydrogen-bond acceptors (Lipinski definition) is 8. The molecule has 3 aromatic carbocycles. The van der Waals surface area contributed by atoms with Crippen LogP contribution in [0.5, 0.6) is 0 Å². The minimum atomic E-state index is -2.03. The largest absolute Gasteiger partial charge is 0.396 e. The van der Waals surface area contributed by atoms with E-state index in [0.29, 0.717) is 37.3 Å². The van der Waals surface area contributed by atoms with Gasteiger partial charge in [-0.1, -0.05) is 49.4 Å². The Morgan fingerprint density at radius 2 is 1.73 bits per heavy atom. The second-order valence-electron chi connectivity index (χ2n) is 11.9. The van der Waals surface area contributed by atoms with Crippen LogP contribution in [0.25, 0.3) is 0 Å². The minimum Gasteiger partial charge on any atom is -0.396 e. The summed E-state index contributed by atoms with van der Waals surface area (Å²) in [6.07, 6.45) is 5.05. The van der Waals surface area contributed by atoms with Crippen molar-refractivity contribution in [1.29, 1.82) is 0 Å². The van der Waals surface area contributed by atoms with Gasteiger partial charge >= 0.3 is 0 Å². The number of hydrogen-bond donors (Lipinski definition) is 3. The Morgan fingerprint density at radius 1 is 1.00 bits per heavy atom. The highest BCUT2D eigenvalue weighted by Crippen LogP contribution is 2.47. The van der Waals surface area contributed by atoms with E-state index in [2.05, 4.69) is 10.2 Å². The first-order chi connectivity index (χ1) is 21.7. The lowest BCUT2D eigenvalue weighted by Gasteiger charge is -2.39. The van der Waals surface area contributed by atoms with Crippen molar-refractivity contribution in [3.63, 3.8) is 0 Å². The van der Waals surface area contributed by atoms with Crippen LogP contribution in [0.2, 0.25) is 0 Å². The van der Waals surface area contributed by atoms with E-state index in [9.17, 15) is 29.9 Å². The SMILES string of the molecule is C[C@H](/C=C/CCO)[C@@]1(O)C(=O)N(Cc2cccc(N3CN(c4ccccc4)C4(CCNCC4)C3=O)c2)c2ccc([N+](=O)[O-])cc21. The van der Waals surface area contributed by atoms with Gasteiger partial charge < -0.3 is 25.3 Å². The molecule has 2 saturated heterocycles. The number of nitrogens with one attached hydrogen (secondary N) is 1. The average Bonchev–Trinajstić information content (AvgIpc) is 3.45. The van der Waals surface area contributed by atoms with E-state index in [-0.39, 0.29) is 30.3 Å². The number of aliphatic hydroxyl groups is 2. The van der Waals surface area contributed by atoms with Gasteiger partial charge in [0.1, 0.15) is 5.54 Å². The summed E-state index contributed by atoms with van der Waals surface area (Å²) in [6.45, 7) is 3.56. The molecular weight excluding hydrogens is 574 g/mol. The van der Waals surface area contributed by atoms with Crippen molar-refractivity contribution in [2.45, 2.75) is 43.9 Å². The van der Waals surface area contributed by atoms with Crippen molar-refractivity contribution in [1.82, 2.24) is 5.32 Å². The number of anilines is 3. The highest BCUT2D eigenvalue weighted by atomic mass is 16.6. The van der Waals surface area contributed by atoms with Crippen LogP contribution in [-0.2, 0) is 21.7 Å². The zero-order valence-corrected chi connectivity index (χ0v) is 25.1. The second-order valence-corrected chi connectivity index (χ2v) is 11.9. The standard InChI is InChI=1S/C34H37N5O6/c1-24(8-5-6-19-40)34(43)29-21-28(39(44)45)13-14-30(29)36(32(34)42)22-25-9-7-12-27(20-25)37-23-38(26-10-3-2-4-11-26)33(31(37)41)15-17-35-18-16-33/h2-5,7-14,20-21,24,35,40,43H,6,15-19,22-23H2,1H3/b8-5+/t24-,34+/m1/s1. The van der Waals surface area contributed by atoms with E-state index in [0.717, 1.165) is 24.3 Å². The molecule has 234 valence electrons. The van der Waals surface area contributed by atoms with E-state index in [4.69, 9.17) is 0 Å². The van der Waals surface area contributed by atoms with E-state index in [1.54, 1.807) is 24.0 Å². The Balaban J connectivity index is 1.33. The van der Waals surface area contributed by atoms with Crippen molar-refractivity contribution in [2.75, 3.05) is 41.1 Å². The molecule has 3 aromatic rings. The third kappa shape index (κ3) is 5.16. The number of nitrogens with zero attached hydrogens (tertiary/aromatic N) is 4. The van der Waals surface area contributed by atoms with Crippen LogP contribution in [-0.4, -0.2) is 58.9 Å². The molecule has 3 aliphatic rings. The highest BCUT2D eigenvalue weighted by Gasteiger charge is 2.54. The number of nitro benzene ring substituents is 1. The summed E-state index contributed by atoms with van der Waals surface area (Å²) in [4.78, 5) is 44.7. The van der Waals surface area contributed by atoms with Gasteiger partial charge in [0.05, 0.1) is 23.8 Å². The number of rotatable bonds is 9. The Hall–Kier alpha value is -4.58. The average molecular weight is 612 g/mol. The molecular formula is C34H37N5O6. The zero-order valence-electron chi connectivity index (χ0n) is 25.1. The number of fused-ring (bicyclic) bond motifs is 1. The number of amides is 2. The normalized spacial score (nSPS) is 21.6. The van der Waals surface area contributed by atoms with Crippen LogP contribution in [0.4, 0.5) is 22.7 Å². The van der Waals surface area contributed by atoms with Crippen LogP contribution < -0.4 is 20.0 Å². The van der Waals surface area contributed by atoms with Crippen LogP contribution in [0.1, 0.15) is 37.3 Å². The summed E-state index contributed by atoms with van der Waals surface area (Å²) in [7, 11) is 0. The van der Waals surface area contributed by atoms with Crippen molar-refractivity contribution in [2.24, 2.45) is 5.92 Å². The molecule has 0 saturated carbocycles. The molecule has 0 unspecified atom stereocenters. The summed E-state index contributed by atoms with van der Waals surface area (Å²) in [5, 5.41) is 36.1. The van der Waals surface area contributed by atoms with Gasteiger partial charge in [0.25, 0.3) is 17.5 Å². The summed E-state index contributed by atoms with van der Waals surface area (Å²) in [5.41, 5.74) is 0.0781. The molecule has 6 rings (SSSR count). The van der Waals surface area contributed by atoms with Crippen LogP contribution in [0.3, 0.4) is 0 Å². The third-order valence-electron chi connectivity index (χ3n) is 9.35. The van der Waals surface area contributed by atoms with E-state index in [1.165, 1.54) is 23.1 Å². The molecule has 3 aliphatic heterocycles. The summed E-state index contributed by atoms with van der Waals surface area (Å²) >= 11 is 0. The quantitative estimate of drug-likeness (QED) is 0.189. The number of carbonyl (C=O) groups is 2. The Labute approximate surface area is 261 Å². The zero-order chi connectivity index (χ0) is 31.8. The molecule has 2 atom stereocenters. The van der Waals surface area contributed by atoms with Gasteiger partial charge in [-0.05, 0) is 68.2 Å². The molecule has 11 nitrogen and oxygen atoms in total. The second kappa shape index (κ2) is 12.1. The van der Waals surface area contributed by atoms with Gasteiger partial charge in [0.15, 0.2) is 5.60 Å². The Morgan fingerprint density at radius 3 is 2.44 bits per heavy atom. The molecule has 11 heteroatoms. The van der Waals surface area contributed by atoms with Crippen LogP contribution in [0, 0.1) is 16.0 Å². The first kappa shape index (κ1) is 30.4. The first-order valence-corrected chi connectivity index (χ1v) is 15.3. The number of carbonyl (C=O) groups excluding carboxylic acids is 2. The van der Waals surface area contributed by atoms with Crippen LogP contribution >= 0.6 is 0 Å². The van der Waals surface area contributed by atoms with Gasteiger partial charge in [-0.3, -0.25) is 24.6 Å². The topological polar surface area (TPSA) is 139 Å². The smallest absolute Gasteiger partial charge is 0.269 e. The lowest BCUT2D eigenvalue weighted by atomic mass is 9.82. The Kier molecular flexibility index (Phi) is 8.17. The molecule has 0 aliphatic carbocycles. The maximum atomic E-state index is 14.2. The monoisotopic (exact) mass is 611 g/mol. The molecule has 2 amide bonds. The van der Waals surface area contributed by atoms with Gasteiger partial charge in [-0.25, -0.2) is 0 Å². The van der Waals surface area contributed by atoms with Crippen molar-refractivity contribution in [3.05, 3.63) is 106 Å². The summed E-state index contributed by atoms with van der Waals surface area (Å²) < 4.78 is 0. The summed E-state index contributed by atoms with van der Waals surface area (Å²) in [6, 6.07) is 21.5. The number of benzene rings is 3. The molecule has 1 spiro atoms. The maximum absolute atomic E-state index is 14.2. The van der Waals surface area contributed by atoms with Crippen molar-refractivity contribution >= 4 is 34.6 Å². The first-order valence-electron chi connectivity index (χ1n) is 15.3. The van der Waals surface area contributed by atoms with Crippen molar-refractivity contribution < 1.29 is 24.7 Å². The number of non-ortho nitro benzene ring substituents is 1. The van der Waals surface area contributed by atoms with Gasteiger partial charge in [0.2, 0.25) is 0 Å². The maximum Gasteiger partial charge on any atom is 0.269 e. The molecule has 0 radical (unpaired) electrons. The fourth-order valence-electron chi connectivity index (χ4n) is 6.89. The van der Waals surface area contributed by atoms with Crippen molar-refractivity contribution in [3.8, 4) is 0 Å². The molecule has 3 N–H and O–H groups in total. The van der Waals surface area contributed by atoms with E-state index >= 15 is 0 Å².